The predicted octanol–water partition coefficient (Wildman–Crippen LogP) is 2.95. The van der Waals surface area contributed by atoms with Crippen molar-refractivity contribution < 1.29 is 4.74 Å². The first kappa shape index (κ1) is 11.1. The molecule has 1 aromatic carbocycles. The molecule has 2 atom stereocenters. The number of halogens is 2. The fraction of sp³-hybridized carbons (Fsp3) is 0.455. The Labute approximate surface area is 100 Å². The van der Waals surface area contributed by atoms with Gasteiger partial charge in [0.2, 0.25) is 0 Å². The zero-order valence-electron chi connectivity index (χ0n) is 8.20. The highest BCUT2D eigenvalue weighted by Crippen LogP contribution is 2.40. The molecule has 0 saturated carbocycles. The van der Waals surface area contributed by atoms with Crippen LogP contribution in [0, 0.1) is 0 Å². The van der Waals surface area contributed by atoms with E-state index in [4.69, 9.17) is 16.3 Å². The maximum atomic E-state index is 5.92. The smallest absolute Gasteiger partial charge is 0.126 e. The van der Waals surface area contributed by atoms with Crippen LogP contribution in [0.5, 0.6) is 5.75 Å². The molecule has 0 bridgehead atoms. The summed E-state index contributed by atoms with van der Waals surface area (Å²) in [6, 6.07) is 6.30. The van der Waals surface area contributed by atoms with E-state index in [1.54, 1.807) is 0 Å². The lowest BCUT2D eigenvalue weighted by atomic mass is 9.97. The number of rotatable bonds is 0. The van der Waals surface area contributed by atoms with E-state index in [9.17, 15) is 0 Å². The molecule has 0 unspecified atom stereocenters. The zero-order chi connectivity index (χ0) is 9.54. The molecule has 0 spiro atoms. The second-order valence-electron chi connectivity index (χ2n) is 3.91. The molecule has 0 radical (unpaired) electrons. The summed E-state index contributed by atoms with van der Waals surface area (Å²) in [5, 5.41) is 4.24. The van der Waals surface area contributed by atoms with Gasteiger partial charge in [-0.1, -0.05) is 17.7 Å². The predicted molar refractivity (Wildman–Crippen MR) is 63.1 cm³/mol. The van der Waals surface area contributed by atoms with Gasteiger partial charge in [-0.2, -0.15) is 0 Å². The van der Waals surface area contributed by atoms with Crippen LogP contribution in [0.25, 0.3) is 0 Å². The van der Waals surface area contributed by atoms with E-state index in [2.05, 4.69) is 11.4 Å². The van der Waals surface area contributed by atoms with Crippen molar-refractivity contribution in [3.8, 4) is 5.75 Å². The van der Waals surface area contributed by atoms with Crippen LogP contribution in [0.2, 0.25) is 5.02 Å². The molecule has 0 aromatic heterocycles. The summed E-state index contributed by atoms with van der Waals surface area (Å²) in [6.07, 6.45) is 2.66. The summed E-state index contributed by atoms with van der Waals surface area (Å²) in [5.74, 6) is 0.960. The van der Waals surface area contributed by atoms with Gasteiger partial charge in [0.1, 0.15) is 11.9 Å². The summed E-state index contributed by atoms with van der Waals surface area (Å²) in [7, 11) is 0. The van der Waals surface area contributed by atoms with Crippen molar-refractivity contribution in [1.29, 1.82) is 0 Å². The molecule has 1 saturated heterocycles. The van der Waals surface area contributed by atoms with Crippen molar-refractivity contribution in [3.63, 3.8) is 0 Å². The quantitative estimate of drug-likeness (QED) is 0.759. The molecule has 15 heavy (non-hydrogen) atoms. The molecule has 2 aliphatic heterocycles. The Kier molecular flexibility index (Phi) is 3.10. The maximum Gasteiger partial charge on any atom is 0.126 e. The van der Waals surface area contributed by atoms with Crippen LogP contribution in [0.3, 0.4) is 0 Å². The highest BCUT2D eigenvalue weighted by molar-refractivity contribution is 6.30. The molecule has 82 valence electrons. The minimum Gasteiger partial charge on any atom is -0.488 e. The third-order valence-corrected chi connectivity index (χ3v) is 3.23. The van der Waals surface area contributed by atoms with Crippen molar-refractivity contribution in [2.45, 2.75) is 25.0 Å². The number of fused-ring (bicyclic) bond motifs is 3. The van der Waals surface area contributed by atoms with Gasteiger partial charge in [0.15, 0.2) is 0 Å². The Bertz CT molecular complexity index is 370. The first-order valence-electron chi connectivity index (χ1n) is 5.04. The van der Waals surface area contributed by atoms with Crippen molar-refractivity contribution in [1.82, 2.24) is 5.32 Å². The van der Waals surface area contributed by atoms with Crippen LogP contribution in [0.1, 0.15) is 24.4 Å². The fourth-order valence-corrected chi connectivity index (χ4v) is 2.49. The Hall–Kier alpha value is -0.440. The van der Waals surface area contributed by atoms with Gasteiger partial charge in [-0.15, -0.1) is 12.4 Å². The van der Waals surface area contributed by atoms with Gasteiger partial charge in [-0.25, -0.2) is 0 Å². The van der Waals surface area contributed by atoms with Crippen molar-refractivity contribution >= 4 is 24.0 Å². The third kappa shape index (κ3) is 1.82. The summed E-state index contributed by atoms with van der Waals surface area (Å²) < 4.78 is 5.84. The summed E-state index contributed by atoms with van der Waals surface area (Å²) in [5.41, 5.74) is 1.26. The first-order valence-corrected chi connectivity index (χ1v) is 5.42. The average molecular weight is 246 g/mol. The molecule has 1 aromatic rings. The normalized spacial score (nSPS) is 27.3. The van der Waals surface area contributed by atoms with Crippen molar-refractivity contribution in [2.75, 3.05) is 6.54 Å². The number of hydrogen-bond donors (Lipinski definition) is 1. The van der Waals surface area contributed by atoms with E-state index >= 15 is 0 Å². The molecule has 3 rings (SSSR count). The topological polar surface area (TPSA) is 21.3 Å². The van der Waals surface area contributed by atoms with Gasteiger partial charge in [0.25, 0.3) is 0 Å². The lowest BCUT2D eigenvalue weighted by molar-refractivity contribution is 0.154. The molecular weight excluding hydrogens is 233 g/mol. The lowest BCUT2D eigenvalue weighted by Gasteiger charge is -2.25. The Morgan fingerprint density at radius 3 is 3.13 bits per heavy atom. The minimum absolute atomic E-state index is 0. The van der Waals surface area contributed by atoms with E-state index in [0.29, 0.717) is 12.1 Å². The molecule has 4 heteroatoms. The molecule has 0 aliphatic carbocycles. The SMILES string of the molecule is Cl.Clc1ccc2c(c1)O[C@H]1CCCN[C@@H]21. The summed E-state index contributed by atoms with van der Waals surface area (Å²) in [6.45, 7) is 1.09. The Morgan fingerprint density at radius 2 is 2.27 bits per heavy atom. The molecule has 0 amide bonds. The lowest BCUT2D eigenvalue weighted by Crippen LogP contribution is -2.36. The van der Waals surface area contributed by atoms with Crippen LogP contribution < -0.4 is 10.1 Å². The van der Waals surface area contributed by atoms with Crippen LogP contribution in [0.4, 0.5) is 0 Å². The van der Waals surface area contributed by atoms with E-state index in [0.717, 1.165) is 23.7 Å². The second kappa shape index (κ2) is 4.20. The molecule has 2 nitrogen and oxygen atoms in total. The van der Waals surface area contributed by atoms with Gasteiger partial charge >= 0.3 is 0 Å². The number of benzene rings is 1. The fourth-order valence-electron chi connectivity index (χ4n) is 2.33. The van der Waals surface area contributed by atoms with Gasteiger partial charge in [0, 0.05) is 10.6 Å². The number of ether oxygens (including phenoxy) is 1. The van der Waals surface area contributed by atoms with Crippen LogP contribution in [-0.4, -0.2) is 12.6 Å². The van der Waals surface area contributed by atoms with Crippen molar-refractivity contribution in [2.24, 2.45) is 0 Å². The monoisotopic (exact) mass is 245 g/mol. The third-order valence-electron chi connectivity index (χ3n) is 2.99. The highest BCUT2D eigenvalue weighted by atomic mass is 35.5. The van der Waals surface area contributed by atoms with Crippen LogP contribution in [0.15, 0.2) is 18.2 Å². The second-order valence-corrected chi connectivity index (χ2v) is 4.35. The average Bonchev–Trinajstić information content (AvgIpc) is 2.54. The molecule has 1 fully saturated rings. The summed E-state index contributed by atoms with van der Waals surface area (Å²) >= 11 is 5.92. The van der Waals surface area contributed by atoms with E-state index in [1.165, 1.54) is 12.0 Å². The van der Waals surface area contributed by atoms with Crippen molar-refractivity contribution in [3.05, 3.63) is 28.8 Å². The number of nitrogens with one attached hydrogen (secondary N) is 1. The van der Waals surface area contributed by atoms with Gasteiger partial charge in [-0.05, 0) is 31.5 Å². The zero-order valence-corrected chi connectivity index (χ0v) is 9.77. The van der Waals surface area contributed by atoms with E-state index < -0.39 is 0 Å². The molecule has 2 heterocycles. The number of hydrogen-bond acceptors (Lipinski definition) is 2. The standard InChI is InChI=1S/C11H12ClNO.ClH/c12-7-3-4-8-10(6-7)14-9-2-1-5-13-11(8)9;/h3-4,6,9,11,13H,1-2,5H2;1H/t9-,11-;/m0./s1. The van der Waals surface area contributed by atoms with Crippen LogP contribution in [-0.2, 0) is 0 Å². The first-order chi connectivity index (χ1) is 6.84. The van der Waals surface area contributed by atoms with Gasteiger partial charge < -0.3 is 10.1 Å². The summed E-state index contributed by atoms with van der Waals surface area (Å²) in [4.78, 5) is 0. The highest BCUT2D eigenvalue weighted by Gasteiger charge is 2.35. The minimum atomic E-state index is 0. The Morgan fingerprint density at radius 1 is 1.40 bits per heavy atom. The molecule has 2 aliphatic rings. The van der Waals surface area contributed by atoms with Gasteiger partial charge in [-0.3, -0.25) is 0 Å². The van der Waals surface area contributed by atoms with Gasteiger partial charge in [0.05, 0.1) is 6.04 Å². The number of piperidine rings is 1. The molecule has 1 N–H and O–H groups in total. The molecular formula is C11H13Cl2NO. The van der Waals surface area contributed by atoms with E-state index in [-0.39, 0.29) is 12.4 Å². The van der Waals surface area contributed by atoms with Crippen LogP contribution >= 0.6 is 24.0 Å². The Balaban J connectivity index is 0.000000853. The maximum absolute atomic E-state index is 5.92. The largest absolute Gasteiger partial charge is 0.488 e. The van der Waals surface area contributed by atoms with E-state index in [1.807, 2.05) is 12.1 Å².